The number of aliphatic carboxylic acids is 1. The van der Waals surface area contributed by atoms with Gasteiger partial charge in [-0.2, -0.15) is 0 Å². The lowest BCUT2D eigenvalue weighted by Crippen LogP contribution is -2.13. The van der Waals surface area contributed by atoms with Crippen LogP contribution in [0.4, 0.5) is 0 Å². The zero-order chi connectivity index (χ0) is 12.4. The maximum absolute atomic E-state index is 10.5. The van der Waals surface area contributed by atoms with Crippen LogP contribution in [0.3, 0.4) is 0 Å². The van der Waals surface area contributed by atoms with Gasteiger partial charge in [0.05, 0.1) is 5.75 Å². The van der Waals surface area contributed by atoms with Crippen LogP contribution in [0.2, 0.25) is 0 Å². The van der Waals surface area contributed by atoms with Gasteiger partial charge in [0.1, 0.15) is 6.61 Å². The molecule has 1 aromatic heterocycles. The molecule has 0 saturated heterocycles. The lowest BCUT2D eigenvalue weighted by atomic mass is 10.2. The van der Waals surface area contributed by atoms with Gasteiger partial charge in [0.25, 0.3) is 0 Å². The number of aliphatic hydroxyl groups excluding tert-OH is 1. The van der Waals surface area contributed by atoms with E-state index in [0.29, 0.717) is 16.9 Å². The minimum atomic E-state index is -0.880. The van der Waals surface area contributed by atoms with Crippen LogP contribution < -0.4 is 0 Å². The Morgan fingerprint density at radius 2 is 2.29 bits per heavy atom. The Morgan fingerprint density at radius 3 is 2.82 bits per heavy atom. The molecule has 0 aromatic carbocycles. The second-order valence-electron chi connectivity index (χ2n) is 4.19. The second-order valence-corrected chi connectivity index (χ2v) is 5.13. The zero-order valence-electron chi connectivity index (χ0n) is 9.54. The van der Waals surface area contributed by atoms with E-state index in [0.717, 1.165) is 11.8 Å². The summed E-state index contributed by atoms with van der Waals surface area (Å²) in [6.45, 7) is 1.89. The first-order valence-electron chi connectivity index (χ1n) is 5.52. The summed E-state index contributed by atoms with van der Waals surface area (Å²) in [5.41, 5.74) is 0. The van der Waals surface area contributed by atoms with Gasteiger partial charge < -0.3 is 14.8 Å². The van der Waals surface area contributed by atoms with Crippen LogP contribution in [0.15, 0.2) is 5.16 Å². The highest BCUT2D eigenvalue weighted by molar-refractivity contribution is 7.99. The van der Waals surface area contributed by atoms with Crippen molar-refractivity contribution >= 4 is 17.7 Å². The maximum Gasteiger partial charge on any atom is 0.313 e. The SMILES string of the molecule is CC(C1CC1)n1c(CO)nnc1SCC(=O)O. The highest BCUT2D eigenvalue weighted by atomic mass is 32.2. The number of carboxylic acids is 1. The van der Waals surface area contributed by atoms with Crippen molar-refractivity contribution in [2.75, 3.05) is 5.75 Å². The van der Waals surface area contributed by atoms with Crippen LogP contribution in [0.5, 0.6) is 0 Å². The molecular formula is C10H15N3O3S. The van der Waals surface area contributed by atoms with Gasteiger partial charge in [0.15, 0.2) is 11.0 Å². The summed E-state index contributed by atoms with van der Waals surface area (Å²) in [4.78, 5) is 10.5. The highest BCUT2D eigenvalue weighted by Crippen LogP contribution is 2.41. The van der Waals surface area contributed by atoms with E-state index >= 15 is 0 Å². The van der Waals surface area contributed by atoms with E-state index in [4.69, 9.17) is 5.11 Å². The first-order valence-corrected chi connectivity index (χ1v) is 6.51. The fourth-order valence-corrected chi connectivity index (χ4v) is 2.60. The van der Waals surface area contributed by atoms with Gasteiger partial charge in [-0.15, -0.1) is 10.2 Å². The van der Waals surface area contributed by atoms with Crippen molar-refractivity contribution in [1.82, 2.24) is 14.8 Å². The number of carbonyl (C=O) groups is 1. The Labute approximate surface area is 103 Å². The van der Waals surface area contributed by atoms with Crippen LogP contribution in [-0.4, -0.2) is 36.7 Å². The number of nitrogens with zero attached hydrogens (tertiary/aromatic N) is 3. The minimum absolute atomic E-state index is 0.0407. The van der Waals surface area contributed by atoms with Crippen LogP contribution in [0, 0.1) is 5.92 Å². The quantitative estimate of drug-likeness (QED) is 0.737. The monoisotopic (exact) mass is 257 g/mol. The van der Waals surface area contributed by atoms with Gasteiger partial charge in [0, 0.05) is 6.04 Å². The van der Waals surface area contributed by atoms with Gasteiger partial charge in [-0.25, -0.2) is 0 Å². The Kier molecular flexibility index (Phi) is 3.68. The molecule has 1 fully saturated rings. The molecule has 6 nitrogen and oxygen atoms in total. The summed E-state index contributed by atoms with van der Waals surface area (Å²) in [6, 6.07) is 0.225. The summed E-state index contributed by atoms with van der Waals surface area (Å²) in [6.07, 6.45) is 2.35. The molecule has 1 atom stereocenters. The molecule has 1 saturated carbocycles. The standard InChI is InChI=1S/C10H15N3O3S/c1-6(7-2-3-7)13-8(4-14)11-12-10(13)17-5-9(15)16/h6-7,14H,2-5H2,1H3,(H,15,16). The molecule has 7 heteroatoms. The molecule has 0 amide bonds. The molecule has 1 unspecified atom stereocenters. The van der Waals surface area contributed by atoms with Crippen LogP contribution in [0.25, 0.3) is 0 Å². The second kappa shape index (κ2) is 5.05. The molecule has 0 spiro atoms. The summed E-state index contributed by atoms with van der Waals surface area (Å²) < 4.78 is 1.87. The van der Waals surface area contributed by atoms with E-state index in [-0.39, 0.29) is 18.4 Å². The van der Waals surface area contributed by atoms with E-state index in [1.807, 2.05) is 4.57 Å². The molecule has 2 rings (SSSR count). The van der Waals surface area contributed by atoms with Crippen molar-refractivity contribution in [2.45, 2.75) is 37.6 Å². The number of thioether (sulfide) groups is 1. The van der Waals surface area contributed by atoms with Gasteiger partial charge in [-0.05, 0) is 25.7 Å². The number of aliphatic hydroxyl groups is 1. The summed E-state index contributed by atoms with van der Waals surface area (Å²) >= 11 is 1.14. The third-order valence-corrected chi connectivity index (χ3v) is 3.84. The number of hydrogen-bond donors (Lipinski definition) is 2. The van der Waals surface area contributed by atoms with E-state index in [1.54, 1.807) is 0 Å². The molecule has 0 aliphatic heterocycles. The Balaban J connectivity index is 2.18. The summed E-state index contributed by atoms with van der Waals surface area (Å²) in [5, 5.41) is 26.3. The third kappa shape index (κ3) is 2.78. The van der Waals surface area contributed by atoms with Gasteiger partial charge >= 0.3 is 5.97 Å². The minimum Gasteiger partial charge on any atom is -0.481 e. The maximum atomic E-state index is 10.5. The zero-order valence-corrected chi connectivity index (χ0v) is 10.4. The lowest BCUT2D eigenvalue weighted by Gasteiger charge is -2.16. The van der Waals surface area contributed by atoms with Crippen LogP contribution in [0.1, 0.15) is 31.6 Å². The van der Waals surface area contributed by atoms with E-state index < -0.39 is 5.97 Å². The average Bonchev–Trinajstić information content (AvgIpc) is 3.05. The van der Waals surface area contributed by atoms with E-state index in [2.05, 4.69) is 17.1 Å². The Hall–Kier alpha value is -1.08. The van der Waals surface area contributed by atoms with E-state index in [9.17, 15) is 9.90 Å². The predicted molar refractivity (Wildman–Crippen MR) is 61.7 cm³/mol. The fourth-order valence-electron chi connectivity index (χ4n) is 1.84. The van der Waals surface area contributed by atoms with Crippen molar-refractivity contribution in [2.24, 2.45) is 5.92 Å². The highest BCUT2D eigenvalue weighted by Gasteiger charge is 2.32. The van der Waals surface area contributed by atoms with E-state index in [1.165, 1.54) is 12.8 Å². The smallest absolute Gasteiger partial charge is 0.313 e. The fraction of sp³-hybridized carbons (Fsp3) is 0.700. The first-order chi connectivity index (χ1) is 8.13. The molecular weight excluding hydrogens is 242 g/mol. The molecule has 94 valence electrons. The van der Waals surface area contributed by atoms with Crippen molar-refractivity contribution in [3.05, 3.63) is 5.82 Å². The predicted octanol–water partition coefficient (Wildman–Crippen LogP) is 0.918. The average molecular weight is 257 g/mol. The normalized spacial score (nSPS) is 17.1. The molecule has 0 radical (unpaired) electrons. The molecule has 2 N–H and O–H groups in total. The largest absolute Gasteiger partial charge is 0.481 e. The van der Waals surface area contributed by atoms with Crippen LogP contribution >= 0.6 is 11.8 Å². The van der Waals surface area contributed by atoms with Crippen molar-refractivity contribution < 1.29 is 15.0 Å². The molecule has 1 heterocycles. The summed E-state index contributed by atoms with van der Waals surface area (Å²) in [5.74, 6) is 0.188. The number of aromatic nitrogens is 3. The number of carboxylic acid groups (broad SMARTS) is 1. The van der Waals surface area contributed by atoms with Crippen molar-refractivity contribution in [3.63, 3.8) is 0 Å². The molecule has 1 aliphatic carbocycles. The van der Waals surface area contributed by atoms with Crippen LogP contribution in [-0.2, 0) is 11.4 Å². The van der Waals surface area contributed by atoms with Gasteiger partial charge in [0.2, 0.25) is 0 Å². The van der Waals surface area contributed by atoms with Gasteiger partial charge in [-0.3, -0.25) is 4.79 Å². The number of rotatable bonds is 6. The molecule has 0 bridgehead atoms. The van der Waals surface area contributed by atoms with Crippen molar-refractivity contribution in [3.8, 4) is 0 Å². The molecule has 1 aliphatic rings. The topological polar surface area (TPSA) is 88.2 Å². The number of hydrogen-bond acceptors (Lipinski definition) is 5. The first kappa shape index (κ1) is 12.4. The van der Waals surface area contributed by atoms with Crippen molar-refractivity contribution in [1.29, 1.82) is 0 Å². The molecule has 1 aromatic rings. The summed E-state index contributed by atoms with van der Waals surface area (Å²) in [7, 11) is 0. The Morgan fingerprint density at radius 1 is 1.59 bits per heavy atom. The Bertz CT molecular complexity index is 417. The lowest BCUT2D eigenvalue weighted by molar-refractivity contribution is -0.133. The molecule has 17 heavy (non-hydrogen) atoms. The third-order valence-electron chi connectivity index (χ3n) is 2.91. The van der Waals surface area contributed by atoms with Gasteiger partial charge in [-0.1, -0.05) is 11.8 Å².